The fraction of sp³-hybridized carbons (Fsp3) is 0.778. The molecule has 0 heterocycles. The lowest BCUT2D eigenvalue weighted by Crippen LogP contribution is -2.39. The molecule has 4 nitrogen and oxygen atoms in total. The molecule has 0 spiro atoms. The smallest absolute Gasteiger partial charge is 0.293 e. The van der Waals surface area contributed by atoms with Gasteiger partial charge in [-0.25, -0.2) is 0 Å². The summed E-state index contributed by atoms with van der Waals surface area (Å²) in [5.74, 6) is 0.330. The van der Waals surface area contributed by atoms with Gasteiger partial charge in [0.05, 0.1) is 0 Å². The van der Waals surface area contributed by atoms with Crippen LogP contribution in [-0.2, 0) is 14.3 Å². The molecule has 1 rings (SSSR count). The van der Waals surface area contributed by atoms with Crippen LogP contribution in [0.25, 0.3) is 0 Å². The SMILES string of the molecule is C[C@@H]1C[C@@H](NC=O)CC[C@@H]1OC=O. The lowest BCUT2D eigenvalue weighted by atomic mass is 9.84. The van der Waals surface area contributed by atoms with E-state index in [0.29, 0.717) is 12.4 Å². The number of carbonyl (C=O) groups excluding carboxylic acids is 2. The third-order valence-corrected chi connectivity index (χ3v) is 2.62. The van der Waals surface area contributed by atoms with Crippen molar-refractivity contribution in [1.82, 2.24) is 5.32 Å². The van der Waals surface area contributed by atoms with Crippen LogP contribution in [0.2, 0.25) is 0 Å². The highest BCUT2D eigenvalue weighted by molar-refractivity contribution is 5.46. The Bertz CT molecular complexity index is 184. The number of carbonyl (C=O) groups is 2. The first-order valence-corrected chi connectivity index (χ1v) is 4.56. The van der Waals surface area contributed by atoms with Gasteiger partial charge in [-0.15, -0.1) is 0 Å². The Morgan fingerprint density at radius 2 is 2.15 bits per heavy atom. The number of nitrogens with one attached hydrogen (secondary N) is 1. The van der Waals surface area contributed by atoms with Crippen LogP contribution in [0.4, 0.5) is 0 Å². The molecule has 0 aliphatic heterocycles. The minimum Gasteiger partial charge on any atom is -0.464 e. The van der Waals surface area contributed by atoms with Gasteiger partial charge < -0.3 is 10.1 Å². The average Bonchev–Trinajstić information content (AvgIpc) is 2.10. The molecule has 0 unspecified atom stereocenters. The summed E-state index contributed by atoms with van der Waals surface area (Å²) < 4.78 is 4.92. The normalized spacial score (nSPS) is 33.5. The maximum absolute atomic E-state index is 10.2. The Kier molecular flexibility index (Phi) is 3.73. The van der Waals surface area contributed by atoms with Crippen LogP contribution in [0.3, 0.4) is 0 Å². The molecule has 1 fully saturated rings. The third kappa shape index (κ3) is 2.72. The molecule has 1 N–H and O–H groups in total. The van der Waals surface area contributed by atoms with Crippen LogP contribution >= 0.6 is 0 Å². The average molecular weight is 185 g/mol. The molecule has 1 amide bonds. The van der Waals surface area contributed by atoms with Crippen LogP contribution in [0.1, 0.15) is 26.2 Å². The van der Waals surface area contributed by atoms with Gasteiger partial charge in [0.15, 0.2) is 0 Å². The zero-order chi connectivity index (χ0) is 9.68. The van der Waals surface area contributed by atoms with Gasteiger partial charge in [0.2, 0.25) is 6.41 Å². The summed E-state index contributed by atoms with van der Waals surface area (Å²) in [6.07, 6.45) is 3.38. The fourth-order valence-electron chi connectivity index (χ4n) is 1.89. The van der Waals surface area contributed by atoms with E-state index >= 15 is 0 Å². The molecule has 0 radical (unpaired) electrons. The first-order chi connectivity index (χ1) is 6.27. The first-order valence-electron chi connectivity index (χ1n) is 4.56. The van der Waals surface area contributed by atoms with Gasteiger partial charge in [0.1, 0.15) is 6.10 Å². The summed E-state index contributed by atoms with van der Waals surface area (Å²) in [6, 6.07) is 0.249. The largest absolute Gasteiger partial charge is 0.464 e. The van der Waals surface area contributed by atoms with Gasteiger partial charge in [-0.2, -0.15) is 0 Å². The third-order valence-electron chi connectivity index (χ3n) is 2.62. The molecule has 1 aliphatic carbocycles. The molecule has 3 atom stereocenters. The second-order valence-electron chi connectivity index (χ2n) is 3.54. The van der Waals surface area contributed by atoms with E-state index in [4.69, 9.17) is 4.74 Å². The molecule has 0 aromatic heterocycles. The van der Waals surface area contributed by atoms with Gasteiger partial charge in [0.25, 0.3) is 6.47 Å². The van der Waals surface area contributed by atoms with Crippen LogP contribution in [-0.4, -0.2) is 25.0 Å². The van der Waals surface area contributed by atoms with Crippen molar-refractivity contribution in [3.8, 4) is 0 Å². The highest BCUT2D eigenvalue weighted by atomic mass is 16.5. The van der Waals surface area contributed by atoms with Crippen LogP contribution in [0, 0.1) is 5.92 Å². The van der Waals surface area contributed by atoms with E-state index in [2.05, 4.69) is 5.32 Å². The second-order valence-corrected chi connectivity index (χ2v) is 3.54. The number of ether oxygens (including phenoxy) is 1. The van der Waals surface area contributed by atoms with E-state index in [-0.39, 0.29) is 12.1 Å². The standard InChI is InChI=1S/C9H15NO3/c1-7-4-8(10-5-11)2-3-9(7)13-6-12/h5-9H,2-4H2,1H3,(H,10,11)/t7-,8+,9+/m1/s1. The molecular formula is C9H15NO3. The summed E-state index contributed by atoms with van der Waals surface area (Å²) in [5, 5.41) is 2.75. The van der Waals surface area contributed by atoms with Crippen molar-refractivity contribution >= 4 is 12.9 Å². The van der Waals surface area contributed by atoms with Gasteiger partial charge in [-0.05, 0) is 25.2 Å². The highest BCUT2D eigenvalue weighted by Gasteiger charge is 2.28. The number of hydrogen-bond donors (Lipinski definition) is 1. The minimum atomic E-state index is 0.0298. The number of rotatable bonds is 4. The van der Waals surface area contributed by atoms with Crippen molar-refractivity contribution in [3.63, 3.8) is 0 Å². The van der Waals surface area contributed by atoms with Gasteiger partial charge in [-0.3, -0.25) is 9.59 Å². The van der Waals surface area contributed by atoms with E-state index in [0.717, 1.165) is 25.7 Å². The van der Waals surface area contributed by atoms with E-state index in [9.17, 15) is 9.59 Å². The molecule has 0 aromatic rings. The minimum absolute atomic E-state index is 0.0298. The lowest BCUT2D eigenvalue weighted by molar-refractivity contribution is -0.138. The van der Waals surface area contributed by atoms with Crippen molar-refractivity contribution in [2.75, 3.05) is 0 Å². The number of amides is 1. The van der Waals surface area contributed by atoms with Crippen molar-refractivity contribution in [1.29, 1.82) is 0 Å². The summed E-state index contributed by atoms with van der Waals surface area (Å²) in [4.78, 5) is 20.3. The van der Waals surface area contributed by atoms with Crippen molar-refractivity contribution in [3.05, 3.63) is 0 Å². The Morgan fingerprint density at radius 3 is 2.69 bits per heavy atom. The van der Waals surface area contributed by atoms with Gasteiger partial charge in [-0.1, -0.05) is 6.92 Å². The van der Waals surface area contributed by atoms with Gasteiger partial charge >= 0.3 is 0 Å². The summed E-state index contributed by atoms with van der Waals surface area (Å²) in [6.45, 7) is 2.54. The van der Waals surface area contributed by atoms with Crippen LogP contribution in [0.5, 0.6) is 0 Å². The van der Waals surface area contributed by atoms with E-state index < -0.39 is 0 Å². The Labute approximate surface area is 77.6 Å². The maximum atomic E-state index is 10.2. The molecule has 4 heteroatoms. The van der Waals surface area contributed by atoms with Crippen molar-refractivity contribution in [2.24, 2.45) is 5.92 Å². The van der Waals surface area contributed by atoms with Crippen LogP contribution in [0.15, 0.2) is 0 Å². The van der Waals surface area contributed by atoms with E-state index in [1.54, 1.807) is 0 Å². The lowest BCUT2D eigenvalue weighted by Gasteiger charge is -2.32. The summed E-state index contributed by atoms with van der Waals surface area (Å²) in [7, 11) is 0. The van der Waals surface area contributed by atoms with E-state index in [1.807, 2.05) is 6.92 Å². The predicted molar refractivity (Wildman–Crippen MR) is 46.9 cm³/mol. The zero-order valence-electron chi connectivity index (χ0n) is 7.73. The monoisotopic (exact) mass is 185 g/mol. The molecule has 0 aromatic carbocycles. The molecule has 13 heavy (non-hydrogen) atoms. The first kappa shape index (κ1) is 10.0. The predicted octanol–water partition coefficient (Wildman–Crippen LogP) is 0.463. The van der Waals surface area contributed by atoms with Gasteiger partial charge in [0, 0.05) is 6.04 Å². The molecule has 1 aliphatic rings. The summed E-state index contributed by atoms with van der Waals surface area (Å²) in [5.41, 5.74) is 0. The Balaban J connectivity index is 2.36. The molecular weight excluding hydrogens is 170 g/mol. The van der Waals surface area contributed by atoms with E-state index in [1.165, 1.54) is 0 Å². The summed E-state index contributed by atoms with van der Waals surface area (Å²) >= 11 is 0. The maximum Gasteiger partial charge on any atom is 0.293 e. The highest BCUT2D eigenvalue weighted by Crippen LogP contribution is 2.26. The Morgan fingerprint density at radius 1 is 1.38 bits per heavy atom. The second kappa shape index (κ2) is 4.84. The fourth-order valence-corrected chi connectivity index (χ4v) is 1.89. The molecule has 0 saturated heterocycles. The molecule has 0 bridgehead atoms. The van der Waals surface area contributed by atoms with Crippen LogP contribution < -0.4 is 5.32 Å². The van der Waals surface area contributed by atoms with Crippen molar-refractivity contribution in [2.45, 2.75) is 38.3 Å². The molecule has 74 valence electrons. The Hall–Kier alpha value is -1.06. The zero-order valence-corrected chi connectivity index (χ0v) is 7.73. The van der Waals surface area contributed by atoms with Crippen molar-refractivity contribution < 1.29 is 14.3 Å². The number of hydrogen-bond acceptors (Lipinski definition) is 3. The topological polar surface area (TPSA) is 55.4 Å². The molecule has 1 saturated carbocycles. The quantitative estimate of drug-likeness (QED) is 0.647.